The monoisotopic (exact) mass is 355 g/mol. The summed E-state index contributed by atoms with van der Waals surface area (Å²) in [6.45, 7) is 2.48. The second kappa shape index (κ2) is 8.53. The van der Waals surface area contributed by atoms with Crippen molar-refractivity contribution in [2.75, 3.05) is 13.6 Å². The van der Waals surface area contributed by atoms with Gasteiger partial charge in [0.15, 0.2) is 5.96 Å². The Morgan fingerprint density at radius 2 is 2.04 bits per heavy atom. The number of hydrogen-bond acceptors (Lipinski definition) is 2. The molecule has 2 N–H and O–H groups in total. The van der Waals surface area contributed by atoms with Gasteiger partial charge in [0, 0.05) is 44.6 Å². The molecular weight excluding hydrogens is 334 g/mol. The molecule has 0 spiro atoms. The van der Waals surface area contributed by atoms with Crippen LogP contribution in [0.25, 0.3) is 10.9 Å². The average molecular weight is 356 g/mol. The topological polar surface area (TPSA) is 54.2 Å². The molecule has 6 heteroatoms. The molecule has 0 fully saturated rings. The van der Waals surface area contributed by atoms with Crippen molar-refractivity contribution in [3.8, 4) is 0 Å². The first-order chi connectivity index (χ1) is 12.3. The molecule has 0 aliphatic carbocycles. The maximum absolute atomic E-state index is 5.80. The molecule has 2 aromatic heterocycles. The van der Waals surface area contributed by atoms with E-state index in [9.17, 15) is 0 Å². The number of nitrogens with one attached hydrogen (secondary N) is 2. The van der Waals surface area contributed by atoms with Gasteiger partial charge in [0.25, 0.3) is 0 Å². The number of pyridine rings is 1. The molecule has 0 bridgehead atoms. The summed E-state index contributed by atoms with van der Waals surface area (Å²) in [5.41, 5.74) is 2.34. The molecule has 130 valence electrons. The molecule has 5 nitrogen and oxygen atoms in total. The van der Waals surface area contributed by atoms with Gasteiger partial charge >= 0.3 is 0 Å². The summed E-state index contributed by atoms with van der Waals surface area (Å²) in [6, 6.07) is 14.3. The van der Waals surface area contributed by atoms with Crippen LogP contribution in [0.3, 0.4) is 0 Å². The SMILES string of the molecule is CN=C(NCCCn1ccc2ccccc21)NCc1ccc(Cl)nc1. The van der Waals surface area contributed by atoms with Gasteiger partial charge in [-0.05, 0) is 35.6 Å². The van der Waals surface area contributed by atoms with Gasteiger partial charge in [-0.1, -0.05) is 35.9 Å². The molecule has 3 rings (SSSR count). The van der Waals surface area contributed by atoms with Crippen LogP contribution in [0, 0.1) is 0 Å². The number of aliphatic imine (C=N–C) groups is 1. The van der Waals surface area contributed by atoms with E-state index >= 15 is 0 Å². The van der Waals surface area contributed by atoms with Crippen LogP contribution in [-0.4, -0.2) is 29.1 Å². The predicted octanol–water partition coefficient (Wildman–Crippen LogP) is 3.45. The third kappa shape index (κ3) is 4.73. The van der Waals surface area contributed by atoms with E-state index in [4.69, 9.17) is 11.6 Å². The molecule has 1 aromatic carbocycles. The molecule has 0 unspecified atom stereocenters. The molecule has 0 radical (unpaired) electrons. The van der Waals surface area contributed by atoms with Crippen molar-refractivity contribution < 1.29 is 0 Å². The van der Waals surface area contributed by atoms with Gasteiger partial charge in [-0.3, -0.25) is 4.99 Å². The zero-order valence-electron chi connectivity index (χ0n) is 14.2. The second-order valence-corrected chi connectivity index (χ2v) is 6.15. The number of fused-ring (bicyclic) bond motifs is 1. The molecular formula is C19H22ClN5. The molecule has 25 heavy (non-hydrogen) atoms. The van der Waals surface area contributed by atoms with Crippen molar-refractivity contribution in [3.05, 3.63) is 65.6 Å². The maximum atomic E-state index is 5.80. The Morgan fingerprint density at radius 1 is 1.16 bits per heavy atom. The van der Waals surface area contributed by atoms with Crippen LogP contribution in [0.2, 0.25) is 5.15 Å². The van der Waals surface area contributed by atoms with Gasteiger partial charge < -0.3 is 15.2 Å². The van der Waals surface area contributed by atoms with E-state index in [0.717, 1.165) is 31.0 Å². The molecule has 0 saturated heterocycles. The quantitative estimate of drug-likeness (QED) is 0.308. The third-order valence-electron chi connectivity index (χ3n) is 4.02. The van der Waals surface area contributed by atoms with E-state index in [1.54, 1.807) is 19.3 Å². The Hall–Kier alpha value is -2.53. The zero-order chi connectivity index (χ0) is 17.5. The van der Waals surface area contributed by atoms with Gasteiger partial charge in [-0.2, -0.15) is 0 Å². The zero-order valence-corrected chi connectivity index (χ0v) is 15.0. The smallest absolute Gasteiger partial charge is 0.191 e. The summed E-state index contributed by atoms with van der Waals surface area (Å²) in [4.78, 5) is 8.32. The number of aromatic nitrogens is 2. The van der Waals surface area contributed by atoms with Crippen LogP contribution >= 0.6 is 11.6 Å². The third-order valence-corrected chi connectivity index (χ3v) is 4.24. The Balaban J connectivity index is 1.43. The summed E-state index contributed by atoms with van der Waals surface area (Å²) in [5.74, 6) is 0.785. The summed E-state index contributed by atoms with van der Waals surface area (Å²) < 4.78 is 2.28. The van der Waals surface area contributed by atoms with Gasteiger partial charge in [-0.25, -0.2) is 4.98 Å². The van der Waals surface area contributed by atoms with Crippen LogP contribution in [0.1, 0.15) is 12.0 Å². The molecule has 2 heterocycles. The summed E-state index contributed by atoms with van der Waals surface area (Å²) in [6.07, 6.45) is 4.92. The number of guanidine groups is 1. The van der Waals surface area contributed by atoms with Gasteiger partial charge in [0.1, 0.15) is 5.15 Å². The number of aryl methyl sites for hydroxylation is 1. The van der Waals surface area contributed by atoms with Crippen molar-refractivity contribution >= 4 is 28.5 Å². The van der Waals surface area contributed by atoms with E-state index < -0.39 is 0 Å². The first-order valence-electron chi connectivity index (χ1n) is 8.35. The first-order valence-corrected chi connectivity index (χ1v) is 8.73. The van der Waals surface area contributed by atoms with E-state index in [1.165, 1.54) is 10.9 Å². The number of nitrogens with zero attached hydrogens (tertiary/aromatic N) is 3. The lowest BCUT2D eigenvalue weighted by atomic mass is 10.2. The summed E-state index contributed by atoms with van der Waals surface area (Å²) >= 11 is 5.80. The molecule has 0 atom stereocenters. The Kier molecular flexibility index (Phi) is 5.90. The van der Waals surface area contributed by atoms with Crippen LogP contribution in [0.4, 0.5) is 0 Å². The Labute approximate surface area is 152 Å². The van der Waals surface area contributed by atoms with Crippen LogP contribution in [0.5, 0.6) is 0 Å². The highest BCUT2D eigenvalue weighted by molar-refractivity contribution is 6.29. The van der Waals surface area contributed by atoms with Crippen molar-refractivity contribution in [3.63, 3.8) is 0 Å². The largest absolute Gasteiger partial charge is 0.356 e. The highest BCUT2D eigenvalue weighted by Crippen LogP contribution is 2.15. The van der Waals surface area contributed by atoms with Crippen molar-refractivity contribution in [2.24, 2.45) is 4.99 Å². The van der Waals surface area contributed by atoms with Gasteiger partial charge in [-0.15, -0.1) is 0 Å². The fourth-order valence-electron chi connectivity index (χ4n) is 2.71. The number of rotatable bonds is 6. The van der Waals surface area contributed by atoms with E-state index in [0.29, 0.717) is 11.7 Å². The summed E-state index contributed by atoms with van der Waals surface area (Å²) in [7, 11) is 1.77. The lowest BCUT2D eigenvalue weighted by Crippen LogP contribution is -2.37. The fraction of sp³-hybridized carbons (Fsp3) is 0.263. The average Bonchev–Trinajstić information content (AvgIpc) is 3.06. The summed E-state index contributed by atoms with van der Waals surface area (Å²) in [5, 5.41) is 8.40. The minimum absolute atomic E-state index is 0.504. The number of hydrogen-bond donors (Lipinski definition) is 2. The standard InChI is InChI=1S/C19H22ClN5/c1-21-19(24-14-15-7-8-18(20)23-13-15)22-10-4-11-25-12-9-16-5-2-3-6-17(16)25/h2-3,5-9,12-13H,4,10-11,14H2,1H3,(H2,21,22,24). The van der Waals surface area contributed by atoms with Crippen molar-refractivity contribution in [1.29, 1.82) is 0 Å². The first kappa shape index (κ1) is 17.3. The van der Waals surface area contributed by atoms with Crippen LogP contribution in [0.15, 0.2) is 59.9 Å². The van der Waals surface area contributed by atoms with Crippen LogP contribution < -0.4 is 10.6 Å². The van der Waals surface area contributed by atoms with Gasteiger partial charge in [0.05, 0.1) is 0 Å². The predicted molar refractivity (Wildman–Crippen MR) is 104 cm³/mol. The second-order valence-electron chi connectivity index (χ2n) is 5.76. The number of benzene rings is 1. The minimum Gasteiger partial charge on any atom is -0.356 e. The normalized spacial score (nSPS) is 11.7. The van der Waals surface area contributed by atoms with Gasteiger partial charge in [0.2, 0.25) is 0 Å². The lowest BCUT2D eigenvalue weighted by molar-refractivity contribution is 0.640. The molecule has 0 aliphatic rings. The van der Waals surface area contributed by atoms with E-state index in [-0.39, 0.29) is 0 Å². The Bertz CT molecular complexity index is 838. The molecule has 0 saturated carbocycles. The fourth-order valence-corrected chi connectivity index (χ4v) is 2.82. The van der Waals surface area contributed by atoms with E-state index in [2.05, 4.69) is 61.7 Å². The maximum Gasteiger partial charge on any atom is 0.191 e. The molecule has 3 aromatic rings. The molecule has 0 amide bonds. The molecule has 0 aliphatic heterocycles. The highest BCUT2D eigenvalue weighted by Gasteiger charge is 2.01. The Morgan fingerprint density at radius 3 is 2.84 bits per heavy atom. The minimum atomic E-state index is 0.504. The van der Waals surface area contributed by atoms with Crippen molar-refractivity contribution in [1.82, 2.24) is 20.2 Å². The number of para-hydroxylation sites is 1. The lowest BCUT2D eigenvalue weighted by Gasteiger charge is -2.12. The van der Waals surface area contributed by atoms with E-state index in [1.807, 2.05) is 6.07 Å². The number of halogens is 1. The van der Waals surface area contributed by atoms with Crippen molar-refractivity contribution in [2.45, 2.75) is 19.5 Å². The van der Waals surface area contributed by atoms with Crippen LogP contribution in [-0.2, 0) is 13.1 Å². The highest BCUT2D eigenvalue weighted by atomic mass is 35.5.